The number of hydrogen-bond donors (Lipinski definition) is 0. The van der Waals surface area contributed by atoms with Crippen molar-refractivity contribution < 1.29 is 9.47 Å². The van der Waals surface area contributed by atoms with Crippen molar-refractivity contribution in [2.45, 2.75) is 39.5 Å². The SMILES string of the molecule is CCCC1(CCC)CN(c2ncnc3cc(OC)c(OC)cc23)C1. The van der Waals surface area contributed by atoms with Crippen LogP contribution in [-0.4, -0.2) is 37.3 Å². The smallest absolute Gasteiger partial charge is 0.162 e. The molecule has 0 saturated carbocycles. The third-order valence-corrected chi connectivity index (χ3v) is 5.03. The van der Waals surface area contributed by atoms with E-state index in [9.17, 15) is 0 Å². The normalized spacial score (nSPS) is 16.1. The van der Waals surface area contributed by atoms with Crippen molar-refractivity contribution in [2.75, 3.05) is 32.2 Å². The highest BCUT2D eigenvalue weighted by Crippen LogP contribution is 2.43. The number of fused-ring (bicyclic) bond motifs is 1. The van der Waals surface area contributed by atoms with Gasteiger partial charge in [-0.1, -0.05) is 26.7 Å². The molecule has 1 fully saturated rings. The summed E-state index contributed by atoms with van der Waals surface area (Å²) < 4.78 is 10.8. The van der Waals surface area contributed by atoms with Crippen LogP contribution >= 0.6 is 0 Å². The molecule has 130 valence electrons. The van der Waals surface area contributed by atoms with Gasteiger partial charge in [-0.2, -0.15) is 0 Å². The van der Waals surface area contributed by atoms with Gasteiger partial charge in [0.05, 0.1) is 19.7 Å². The lowest BCUT2D eigenvalue weighted by Crippen LogP contribution is -2.56. The molecular formula is C19H27N3O2. The summed E-state index contributed by atoms with van der Waals surface area (Å²) in [5.41, 5.74) is 1.35. The number of ether oxygens (including phenoxy) is 2. The summed E-state index contributed by atoms with van der Waals surface area (Å²) in [6.07, 6.45) is 6.70. The van der Waals surface area contributed by atoms with Gasteiger partial charge in [-0.15, -0.1) is 0 Å². The van der Waals surface area contributed by atoms with Crippen LogP contribution in [0, 0.1) is 5.41 Å². The first-order chi connectivity index (χ1) is 11.7. The second-order valence-corrected chi connectivity index (χ2v) is 6.78. The molecule has 0 spiro atoms. The second-order valence-electron chi connectivity index (χ2n) is 6.78. The Labute approximate surface area is 144 Å². The quantitative estimate of drug-likeness (QED) is 0.767. The first kappa shape index (κ1) is 16.8. The highest BCUT2D eigenvalue weighted by molar-refractivity contribution is 5.92. The number of hydrogen-bond acceptors (Lipinski definition) is 5. The van der Waals surface area contributed by atoms with Crippen molar-refractivity contribution in [2.24, 2.45) is 5.41 Å². The molecule has 24 heavy (non-hydrogen) atoms. The topological polar surface area (TPSA) is 47.5 Å². The first-order valence-electron chi connectivity index (χ1n) is 8.78. The van der Waals surface area contributed by atoms with Gasteiger partial charge in [0.1, 0.15) is 12.1 Å². The Morgan fingerprint density at radius 3 is 2.21 bits per heavy atom. The Morgan fingerprint density at radius 2 is 1.62 bits per heavy atom. The molecule has 1 aliphatic heterocycles. The van der Waals surface area contributed by atoms with E-state index in [2.05, 4.69) is 28.7 Å². The van der Waals surface area contributed by atoms with Crippen LogP contribution in [0.2, 0.25) is 0 Å². The van der Waals surface area contributed by atoms with Crippen LogP contribution in [0.15, 0.2) is 18.5 Å². The zero-order valence-electron chi connectivity index (χ0n) is 15.1. The lowest BCUT2D eigenvalue weighted by Gasteiger charge is -2.51. The van der Waals surface area contributed by atoms with E-state index in [1.54, 1.807) is 20.5 Å². The fourth-order valence-corrected chi connectivity index (χ4v) is 4.04. The number of anilines is 1. The van der Waals surface area contributed by atoms with Crippen LogP contribution in [0.25, 0.3) is 10.9 Å². The number of nitrogens with zero attached hydrogens (tertiary/aromatic N) is 3. The highest BCUT2D eigenvalue weighted by Gasteiger charge is 2.42. The molecule has 1 saturated heterocycles. The van der Waals surface area contributed by atoms with Gasteiger partial charge in [0, 0.05) is 30.0 Å². The summed E-state index contributed by atoms with van der Waals surface area (Å²) in [6, 6.07) is 3.91. The fourth-order valence-electron chi connectivity index (χ4n) is 4.04. The van der Waals surface area contributed by atoms with E-state index < -0.39 is 0 Å². The Hall–Kier alpha value is -2.04. The Morgan fingerprint density at radius 1 is 1.00 bits per heavy atom. The molecule has 0 atom stereocenters. The minimum absolute atomic E-state index is 0.456. The van der Waals surface area contributed by atoms with E-state index in [4.69, 9.17) is 9.47 Å². The van der Waals surface area contributed by atoms with Gasteiger partial charge in [0.15, 0.2) is 11.5 Å². The van der Waals surface area contributed by atoms with Crippen molar-refractivity contribution in [3.8, 4) is 11.5 Å². The number of methoxy groups -OCH3 is 2. The third kappa shape index (κ3) is 2.87. The molecule has 5 heteroatoms. The monoisotopic (exact) mass is 329 g/mol. The molecule has 1 aromatic heterocycles. The number of aromatic nitrogens is 2. The Kier molecular flexibility index (Phi) is 4.78. The van der Waals surface area contributed by atoms with Crippen LogP contribution < -0.4 is 14.4 Å². The standard InChI is InChI=1S/C19H27N3O2/c1-5-7-19(8-6-2)11-22(12-19)18-14-9-16(23-3)17(24-4)10-15(14)20-13-21-18/h9-10,13H,5-8,11-12H2,1-4H3. The van der Waals surface area contributed by atoms with Crippen molar-refractivity contribution >= 4 is 16.7 Å². The summed E-state index contributed by atoms with van der Waals surface area (Å²) in [5.74, 6) is 2.42. The molecule has 0 unspecified atom stereocenters. The van der Waals surface area contributed by atoms with Gasteiger partial charge in [-0.25, -0.2) is 9.97 Å². The Balaban J connectivity index is 1.93. The van der Waals surface area contributed by atoms with Gasteiger partial charge in [0.25, 0.3) is 0 Å². The lowest BCUT2D eigenvalue weighted by atomic mass is 9.72. The van der Waals surface area contributed by atoms with Crippen LogP contribution in [0.5, 0.6) is 11.5 Å². The maximum atomic E-state index is 5.45. The minimum Gasteiger partial charge on any atom is -0.493 e. The first-order valence-corrected chi connectivity index (χ1v) is 8.78. The van der Waals surface area contributed by atoms with Gasteiger partial charge >= 0.3 is 0 Å². The summed E-state index contributed by atoms with van der Waals surface area (Å²) in [7, 11) is 3.30. The van der Waals surface area contributed by atoms with Gasteiger partial charge < -0.3 is 14.4 Å². The molecule has 1 aromatic carbocycles. The number of rotatable bonds is 7. The molecule has 0 amide bonds. The van der Waals surface area contributed by atoms with Crippen LogP contribution in [0.3, 0.4) is 0 Å². The summed E-state index contributed by atoms with van der Waals surface area (Å²) in [4.78, 5) is 11.3. The highest BCUT2D eigenvalue weighted by atomic mass is 16.5. The molecule has 2 aromatic rings. The zero-order valence-corrected chi connectivity index (χ0v) is 15.1. The zero-order chi connectivity index (χ0) is 17.2. The van der Waals surface area contributed by atoms with Crippen LogP contribution in [0.1, 0.15) is 39.5 Å². The molecule has 1 aliphatic rings. The van der Waals surface area contributed by atoms with Crippen molar-refractivity contribution in [1.82, 2.24) is 9.97 Å². The van der Waals surface area contributed by atoms with Crippen LogP contribution in [-0.2, 0) is 0 Å². The van der Waals surface area contributed by atoms with E-state index >= 15 is 0 Å². The van der Waals surface area contributed by atoms with Gasteiger partial charge in [0.2, 0.25) is 0 Å². The molecule has 5 nitrogen and oxygen atoms in total. The van der Waals surface area contributed by atoms with Crippen LogP contribution in [0.4, 0.5) is 5.82 Å². The molecule has 0 aliphatic carbocycles. The van der Waals surface area contributed by atoms with E-state index in [-0.39, 0.29) is 0 Å². The lowest BCUT2D eigenvalue weighted by molar-refractivity contribution is 0.172. The Bertz CT molecular complexity index is 703. The predicted molar refractivity (Wildman–Crippen MR) is 97.1 cm³/mol. The molecule has 0 radical (unpaired) electrons. The number of benzene rings is 1. The molecule has 3 rings (SSSR count). The van der Waals surface area contributed by atoms with E-state index in [0.29, 0.717) is 11.2 Å². The largest absolute Gasteiger partial charge is 0.493 e. The van der Waals surface area contributed by atoms with Gasteiger partial charge in [-0.05, 0) is 18.9 Å². The second kappa shape index (κ2) is 6.83. The van der Waals surface area contributed by atoms with E-state index in [0.717, 1.165) is 35.6 Å². The average Bonchev–Trinajstić information content (AvgIpc) is 2.57. The summed E-state index contributed by atoms with van der Waals surface area (Å²) in [6.45, 7) is 6.71. The van der Waals surface area contributed by atoms with Crippen molar-refractivity contribution in [3.63, 3.8) is 0 Å². The van der Waals surface area contributed by atoms with E-state index in [1.165, 1.54) is 25.7 Å². The molecule has 2 heterocycles. The van der Waals surface area contributed by atoms with E-state index in [1.807, 2.05) is 12.1 Å². The average molecular weight is 329 g/mol. The van der Waals surface area contributed by atoms with Crippen molar-refractivity contribution in [1.29, 1.82) is 0 Å². The van der Waals surface area contributed by atoms with Crippen molar-refractivity contribution in [3.05, 3.63) is 18.5 Å². The minimum atomic E-state index is 0.456. The maximum absolute atomic E-state index is 5.45. The summed E-state index contributed by atoms with van der Waals surface area (Å²) >= 11 is 0. The molecule has 0 bridgehead atoms. The molecular weight excluding hydrogens is 302 g/mol. The third-order valence-electron chi connectivity index (χ3n) is 5.03. The summed E-state index contributed by atoms with van der Waals surface area (Å²) in [5, 5.41) is 1.02. The predicted octanol–water partition coefficient (Wildman–Crippen LogP) is 4.05. The maximum Gasteiger partial charge on any atom is 0.162 e. The fraction of sp³-hybridized carbons (Fsp3) is 0.579. The van der Waals surface area contributed by atoms with Gasteiger partial charge in [-0.3, -0.25) is 0 Å². The molecule has 0 N–H and O–H groups in total.